The van der Waals surface area contributed by atoms with Crippen molar-refractivity contribution in [3.05, 3.63) is 11.8 Å². The fraction of sp³-hybridized carbons (Fsp3) is 0.556. The van der Waals surface area contributed by atoms with Crippen molar-refractivity contribution in [3.63, 3.8) is 0 Å². The molecule has 90 valence electrons. The predicted octanol–water partition coefficient (Wildman–Crippen LogP) is -1.04. The number of aromatic nitrogens is 2. The SMILES string of the molecule is COC(=O)CC(O)C(O)c1cnn(C)c1N. The second-order valence-electron chi connectivity index (χ2n) is 3.40. The number of aryl methyl sites for hydroxylation is 1. The first-order chi connectivity index (χ1) is 7.47. The smallest absolute Gasteiger partial charge is 0.308 e. The summed E-state index contributed by atoms with van der Waals surface area (Å²) in [5.41, 5.74) is 5.91. The van der Waals surface area contributed by atoms with Gasteiger partial charge in [-0.05, 0) is 0 Å². The van der Waals surface area contributed by atoms with E-state index in [9.17, 15) is 15.0 Å². The molecule has 0 amide bonds. The Balaban J connectivity index is 2.74. The van der Waals surface area contributed by atoms with E-state index in [-0.39, 0.29) is 12.2 Å². The van der Waals surface area contributed by atoms with Crippen LogP contribution in [-0.2, 0) is 16.6 Å². The van der Waals surface area contributed by atoms with Crippen LogP contribution in [0.4, 0.5) is 5.82 Å². The number of carbonyl (C=O) groups excluding carboxylic acids is 1. The maximum absolute atomic E-state index is 10.9. The Morgan fingerprint density at radius 3 is 2.75 bits per heavy atom. The molecular formula is C9H15N3O4. The number of esters is 1. The predicted molar refractivity (Wildman–Crippen MR) is 55.2 cm³/mol. The first kappa shape index (κ1) is 12.5. The Morgan fingerprint density at radius 1 is 1.69 bits per heavy atom. The van der Waals surface area contributed by atoms with Crippen LogP contribution in [-0.4, -0.2) is 39.2 Å². The molecule has 0 aliphatic heterocycles. The molecule has 2 unspecified atom stereocenters. The zero-order valence-electron chi connectivity index (χ0n) is 9.12. The number of methoxy groups -OCH3 is 1. The van der Waals surface area contributed by atoms with Crippen molar-refractivity contribution in [2.24, 2.45) is 7.05 Å². The van der Waals surface area contributed by atoms with Crippen molar-refractivity contribution in [1.82, 2.24) is 9.78 Å². The maximum Gasteiger partial charge on any atom is 0.308 e. The fourth-order valence-electron chi connectivity index (χ4n) is 1.26. The molecule has 0 spiro atoms. The number of anilines is 1. The molecule has 1 rings (SSSR count). The summed E-state index contributed by atoms with van der Waals surface area (Å²) >= 11 is 0. The van der Waals surface area contributed by atoms with Gasteiger partial charge in [0.15, 0.2) is 0 Å². The van der Waals surface area contributed by atoms with E-state index in [0.29, 0.717) is 5.56 Å². The highest BCUT2D eigenvalue weighted by atomic mass is 16.5. The molecule has 16 heavy (non-hydrogen) atoms. The van der Waals surface area contributed by atoms with Gasteiger partial charge < -0.3 is 20.7 Å². The number of aliphatic hydroxyl groups excluding tert-OH is 2. The normalized spacial score (nSPS) is 14.5. The van der Waals surface area contributed by atoms with E-state index < -0.39 is 18.2 Å². The standard InChI is InChI=1S/C9H15N3O4/c1-12-9(10)5(4-11-12)8(15)6(13)3-7(14)16-2/h4,6,8,13,15H,3,10H2,1-2H3. The highest BCUT2D eigenvalue weighted by Crippen LogP contribution is 2.23. The van der Waals surface area contributed by atoms with E-state index >= 15 is 0 Å². The fourth-order valence-corrected chi connectivity index (χ4v) is 1.26. The Morgan fingerprint density at radius 2 is 2.31 bits per heavy atom. The number of ether oxygens (including phenoxy) is 1. The molecule has 0 fully saturated rings. The van der Waals surface area contributed by atoms with Crippen molar-refractivity contribution in [2.75, 3.05) is 12.8 Å². The minimum atomic E-state index is -1.26. The molecule has 4 N–H and O–H groups in total. The molecule has 0 radical (unpaired) electrons. The van der Waals surface area contributed by atoms with Gasteiger partial charge in [-0.3, -0.25) is 9.48 Å². The van der Waals surface area contributed by atoms with Gasteiger partial charge in [-0.2, -0.15) is 5.10 Å². The third kappa shape index (κ3) is 2.50. The Labute approximate surface area is 92.4 Å². The molecule has 0 aliphatic rings. The maximum atomic E-state index is 10.9. The summed E-state index contributed by atoms with van der Waals surface area (Å²) < 4.78 is 5.74. The van der Waals surface area contributed by atoms with E-state index in [1.165, 1.54) is 18.0 Å². The van der Waals surface area contributed by atoms with Gasteiger partial charge in [0.25, 0.3) is 0 Å². The van der Waals surface area contributed by atoms with E-state index in [4.69, 9.17) is 5.73 Å². The topological polar surface area (TPSA) is 111 Å². The molecule has 7 heteroatoms. The number of nitrogen functional groups attached to an aromatic ring is 1. The average Bonchev–Trinajstić information content (AvgIpc) is 2.58. The van der Waals surface area contributed by atoms with E-state index in [1.54, 1.807) is 7.05 Å². The molecule has 0 aliphatic carbocycles. The first-order valence-electron chi connectivity index (χ1n) is 4.67. The highest BCUT2D eigenvalue weighted by Gasteiger charge is 2.25. The quantitative estimate of drug-likeness (QED) is 0.569. The first-order valence-corrected chi connectivity index (χ1v) is 4.67. The molecule has 7 nitrogen and oxygen atoms in total. The zero-order valence-corrected chi connectivity index (χ0v) is 9.12. The lowest BCUT2D eigenvalue weighted by Crippen LogP contribution is -2.23. The lowest BCUT2D eigenvalue weighted by molar-refractivity contribution is -0.144. The Kier molecular flexibility index (Phi) is 3.86. The molecule has 0 saturated carbocycles. The third-order valence-electron chi connectivity index (χ3n) is 2.30. The lowest BCUT2D eigenvalue weighted by atomic mass is 10.0. The van der Waals surface area contributed by atoms with E-state index in [2.05, 4.69) is 9.84 Å². The number of aliphatic hydroxyl groups is 2. The summed E-state index contributed by atoms with van der Waals surface area (Å²) in [5.74, 6) is -0.356. The van der Waals surface area contributed by atoms with Crippen LogP contribution in [0.5, 0.6) is 0 Å². The number of carbonyl (C=O) groups is 1. The van der Waals surface area contributed by atoms with Crippen molar-refractivity contribution in [1.29, 1.82) is 0 Å². The minimum Gasteiger partial charge on any atom is -0.469 e. The zero-order chi connectivity index (χ0) is 12.3. The lowest BCUT2D eigenvalue weighted by Gasteiger charge is -2.16. The molecule has 1 aromatic heterocycles. The number of hydrogen-bond acceptors (Lipinski definition) is 6. The number of rotatable bonds is 4. The molecule has 2 atom stereocenters. The summed E-state index contributed by atoms with van der Waals surface area (Å²) in [6.45, 7) is 0. The summed E-state index contributed by atoms with van der Waals surface area (Å²) in [4.78, 5) is 10.9. The molecular weight excluding hydrogens is 214 g/mol. The summed E-state index contributed by atoms with van der Waals surface area (Å²) in [5, 5.41) is 23.1. The third-order valence-corrected chi connectivity index (χ3v) is 2.30. The summed E-state index contributed by atoms with van der Waals surface area (Å²) in [6, 6.07) is 0. The molecule has 0 saturated heterocycles. The summed E-state index contributed by atoms with van der Waals surface area (Å²) in [6.07, 6.45) is -1.47. The molecule has 1 aromatic rings. The molecule has 0 aromatic carbocycles. The van der Waals surface area contributed by atoms with Crippen LogP contribution in [0.15, 0.2) is 6.20 Å². The molecule has 1 heterocycles. The van der Waals surface area contributed by atoms with Crippen LogP contribution < -0.4 is 5.73 Å². The van der Waals surface area contributed by atoms with Crippen LogP contribution >= 0.6 is 0 Å². The van der Waals surface area contributed by atoms with E-state index in [0.717, 1.165) is 0 Å². The van der Waals surface area contributed by atoms with Crippen LogP contribution in [0.1, 0.15) is 18.1 Å². The number of nitrogens with zero attached hydrogens (tertiary/aromatic N) is 2. The van der Waals surface area contributed by atoms with Crippen molar-refractivity contribution in [3.8, 4) is 0 Å². The van der Waals surface area contributed by atoms with Crippen LogP contribution in [0.3, 0.4) is 0 Å². The van der Waals surface area contributed by atoms with Gasteiger partial charge in [-0.25, -0.2) is 0 Å². The largest absolute Gasteiger partial charge is 0.469 e. The van der Waals surface area contributed by atoms with Crippen molar-refractivity contribution in [2.45, 2.75) is 18.6 Å². The highest BCUT2D eigenvalue weighted by molar-refractivity contribution is 5.69. The minimum absolute atomic E-state index is 0.247. The van der Waals surface area contributed by atoms with Crippen LogP contribution in [0.2, 0.25) is 0 Å². The Bertz CT molecular complexity index is 377. The van der Waals surface area contributed by atoms with Gasteiger partial charge in [-0.15, -0.1) is 0 Å². The van der Waals surface area contributed by atoms with Gasteiger partial charge in [0.1, 0.15) is 11.9 Å². The van der Waals surface area contributed by atoms with Gasteiger partial charge >= 0.3 is 5.97 Å². The second-order valence-corrected chi connectivity index (χ2v) is 3.40. The second kappa shape index (κ2) is 4.95. The van der Waals surface area contributed by atoms with Gasteiger partial charge in [-0.1, -0.05) is 0 Å². The monoisotopic (exact) mass is 229 g/mol. The summed E-state index contributed by atoms with van der Waals surface area (Å²) in [7, 11) is 2.82. The van der Waals surface area contributed by atoms with Gasteiger partial charge in [0, 0.05) is 12.6 Å². The van der Waals surface area contributed by atoms with Crippen LogP contribution in [0, 0.1) is 0 Å². The van der Waals surface area contributed by atoms with E-state index in [1.807, 2.05) is 0 Å². The molecule has 0 bridgehead atoms. The number of hydrogen-bond donors (Lipinski definition) is 3. The number of nitrogens with two attached hydrogens (primary N) is 1. The van der Waals surface area contributed by atoms with Gasteiger partial charge in [0.05, 0.1) is 25.8 Å². The van der Waals surface area contributed by atoms with Crippen molar-refractivity contribution >= 4 is 11.8 Å². The van der Waals surface area contributed by atoms with Crippen molar-refractivity contribution < 1.29 is 19.7 Å². The van der Waals surface area contributed by atoms with Gasteiger partial charge in [0.2, 0.25) is 0 Å². The average molecular weight is 229 g/mol. The Hall–Kier alpha value is -1.60. The van der Waals surface area contributed by atoms with Crippen LogP contribution in [0.25, 0.3) is 0 Å².